The maximum Gasteiger partial charge on any atom is 0.207 e. The lowest BCUT2D eigenvalue weighted by atomic mass is 10.1. The van der Waals surface area contributed by atoms with E-state index >= 15 is 0 Å². The largest absolute Gasteiger partial charge is 0.411 e. The van der Waals surface area contributed by atoms with Crippen molar-refractivity contribution in [2.75, 3.05) is 11.9 Å². The smallest absolute Gasteiger partial charge is 0.207 e. The van der Waals surface area contributed by atoms with Gasteiger partial charge in [-0.15, -0.1) is 0 Å². The molecule has 1 aromatic carbocycles. The molecule has 0 aliphatic rings. The number of oxime groups is 1. The Morgan fingerprint density at radius 1 is 1.38 bits per heavy atom. The predicted octanol–water partition coefficient (Wildman–Crippen LogP) is 2.53. The van der Waals surface area contributed by atoms with Crippen LogP contribution in [0.15, 0.2) is 35.5 Å². The minimum Gasteiger partial charge on any atom is -0.411 e. The molecule has 0 unspecified atom stereocenters. The molecule has 1 rings (SSSR count). The summed E-state index contributed by atoms with van der Waals surface area (Å²) in [5.74, 6) is -0.298. The fraction of sp³-hybridized carbons (Fsp3) is 0.273. The van der Waals surface area contributed by atoms with Gasteiger partial charge in [-0.25, -0.2) is 5.11 Å². The number of rotatable bonds is 4. The van der Waals surface area contributed by atoms with Crippen molar-refractivity contribution in [1.29, 1.82) is 0 Å². The van der Waals surface area contributed by atoms with Crippen LogP contribution in [0.25, 0.3) is 0 Å². The summed E-state index contributed by atoms with van der Waals surface area (Å²) in [6, 6.07) is 8.62. The number of hydrogen-bond donors (Lipinski definition) is 1. The maximum atomic E-state index is 10.9. The highest BCUT2D eigenvalue weighted by Crippen LogP contribution is 1.97. The van der Waals surface area contributed by atoms with Gasteiger partial charge >= 0.3 is 0 Å². The Hall–Kier alpha value is -1.20. The van der Waals surface area contributed by atoms with Crippen LogP contribution in [0, 0.1) is 0 Å². The van der Waals surface area contributed by atoms with Gasteiger partial charge in [0.05, 0.1) is 6.61 Å². The third-order valence-corrected chi connectivity index (χ3v) is 2.07. The van der Waals surface area contributed by atoms with Crippen molar-refractivity contribution in [2.45, 2.75) is 6.42 Å². The van der Waals surface area contributed by atoms with Crippen LogP contribution in [-0.4, -0.2) is 29.1 Å². The average molecular weight is 287 g/mol. The summed E-state index contributed by atoms with van der Waals surface area (Å²) in [5.41, 5.74) is 0.519. The van der Waals surface area contributed by atoms with E-state index < -0.39 is 0 Å². The number of ketones is 1. The fourth-order valence-corrected chi connectivity index (χ4v) is 1.01. The monoisotopic (exact) mass is 286 g/mol. The third-order valence-electron chi connectivity index (χ3n) is 1.51. The first-order chi connectivity index (χ1) is 7.76. The van der Waals surface area contributed by atoms with E-state index in [4.69, 9.17) is 5.21 Å². The molecule has 1 radical (unpaired) electrons. The van der Waals surface area contributed by atoms with Gasteiger partial charge in [-0.05, 0) is 6.42 Å². The predicted molar refractivity (Wildman–Crippen MR) is 65.0 cm³/mol. The molecule has 0 heterocycles. The number of carbonyl (C=O) groups excluding carboxylic acids is 1. The quantitative estimate of drug-likeness (QED) is 0.304. The van der Waals surface area contributed by atoms with Crippen LogP contribution in [-0.2, 0) is 5.11 Å². The molecule has 0 amide bonds. The van der Waals surface area contributed by atoms with Gasteiger partial charge in [0.25, 0.3) is 0 Å². The zero-order valence-corrected chi connectivity index (χ0v) is 10.3. The van der Waals surface area contributed by atoms with Crippen LogP contribution in [0.4, 0.5) is 0 Å². The van der Waals surface area contributed by atoms with Crippen LogP contribution in [0.2, 0.25) is 0 Å². The summed E-state index contributed by atoms with van der Waals surface area (Å²) in [5, 5.41) is 21.0. The summed E-state index contributed by atoms with van der Waals surface area (Å²) in [7, 11) is 0. The van der Waals surface area contributed by atoms with E-state index in [0.717, 1.165) is 18.0 Å². The number of Topliss-reactive ketones (excluding diaryl/α,β-unsaturated/α-hetero) is 1. The maximum absolute atomic E-state index is 10.9. The van der Waals surface area contributed by atoms with Gasteiger partial charge in [0.1, 0.15) is 6.21 Å². The molecule has 16 heavy (non-hydrogen) atoms. The number of halogens is 1. The first kappa shape index (κ1) is 14.8. The van der Waals surface area contributed by atoms with Crippen LogP contribution >= 0.6 is 15.9 Å². The Kier molecular flexibility index (Phi) is 9.55. The van der Waals surface area contributed by atoms with Gasteiger partial charge in [-0.1, -0.05) is 51.4 Å². The van der Waals surface area contributed by atoms with Crippen LogP contribution in [0.3, 0.4) is 0 Å². The fourth-order valence-electron chi connectivity index (χ4n) is 0.784. The van der Waals surface area contributed by atoms with Crippen molar-refractivity contribution in [3.8, 4) is 0 Å². The zero-order valence-electron chi connectivity index (χ0n) is 8.67. The highest BCUT2D eigenvalue weighted by molar-refractivity contribution is 9.09. The first-order valence-corrected chi connectivity index (χ1v) is 5.79. The molecule has 0 aromatic heterocycles. The standard InChI is InChI=1S/C8H7NO2.C3H6BrO/c10-8(6-9-11)7-4-2-1-3-5-7;4-2-1-3-5/h1-6,11H;1-3H2. The highest BCUT2D eigenvalue weighted by Gasteiger charge is 1.98. The van der Waals surface area contributed by atoms with Gasteiger partial charge in [0.15, 0.2) is 0 Å². The van der Waals surface area contributed by atoms with Crippen molar-refractivity contribution >= 4 is 27.9 Å². The lowest BCUT2D eigenvalue weighted by molar-refractivity contribution is 0.106. The summed E-state index contributed by atoms with van der Waals surface area (Å²) < 4.78 is 0. The molecule has 0 atom stereocenters. The second-order valence-electron chi connectivity index (χ2n) is 2.72. The van der Waals surface area contributed by atoms with Gasteiger partial charge < -0.3 is 5.21 Å². The average Bonchev–Trinajstić information content (AvgIpc) is 2.32. The number of nitrogens with zero attached hydrogens (tertiary/aromatic N) is 1. The highest BCUT2D eigenvalue weighted by atomic mass is 79.9. The van der Waals surface area contributed by atoms with Gasteiger partial charge in [-0.2, -0.15) is 0 Å². The molecule has 0 saturated carbocycles. The van der Waals surface area contributed by atoms with E-state index in [2.05, 4.69) is 21.1 Å². The zero-order chi connectivity index (χ0) is 12.2. The lowest BCUT2D eigenvalue weighted by Gasteiger charge is -1.90. The Morgan fingerprint density at radius 2 is 2.00 bits per heavy atom. The van der Waals surface area contributed by atoms with Gasteiger partial charge in [0, 0.05) is 10.9 Å². The molecule has 4 nitrogen and oxygen atoms in total. The van der Waals surface area contributed by atoms with Crippen LogP contribution in [0.1, 0.15) is 16.8 Å². The number of carbonyl (C=O) groups is 1. The first-order valence-electron chi connectivity index (χ1n) is 4.67. The minimum absolute atomic E-state index is 0.0469. The third kappa shape index (κ3) is 7.14. The molecular weight excluding hydrogens is 274 g/mol. The molecule has 0 aliphatic heterocycles. The summed E-state index contributed by atoms with van der Waals surface area (Å²) in [6.07, 6.45) is 1.62. The van der Waals surface area contributed by atoms with E-state index in [1.165, 1.54) is 0 Å². The second kappa shape index (κ2) is 10.3. The summed E-state index contributed by atoms with van der Waals surface area (Å²) >= 11 is 3.11. The van der Waals surface area contributed by atoms with Crippen LogP contribution in [0.5, 0.6) is 0 Å². The Bertz CT molecular complexity index is 312. The molecule has 0 spiro atoms. The number of alkyl halides is 1. The van der Waals surface area contributed by atoms with Crippen molar-refractivity contribution in [3.05, 3.63) is 35.9 Å². The SMILES string of the molecule is O=C(C=NO)c1ccccc1.[O]CCCBr. The van der Waals surface area contributed by atoms with E-state index in [-0.39, 0.29) is 12.4 Å². The topological polar surface area (TPSA) is 69.6 Å². The number of hydrogen-bond acceptors (Lipinski definition) is 3. The normalized spacial score (nSPS) is 9.62. The molecule has 0 saturated heterocycles. The van der Waals surface area contributed by atoms with E-state index in [9.17, 15) is 9.90 Å². The molecule has 1 aromatic rings. The van der Waals surface area contributed by atoms with E-state index in [1.54, 1.807) is 24.3 Å². The van der Waals surface area contributed by atoms with Crippen molar-refractivity contribution < 1.29 is 15.1 Å². The van der Waals surface area contributed by atoms with Gasteiger partial charge in [-0.3, -0.25) is 4.79 Å². The van der Waals surface area contributed by atoms with Crippen molar-refractivity contribution in [1.82, 2.24) is 0 Å². The van der Waals surface area contributed by atoms with Crippen molar-refractivity contribution in [2.24, 2.45) is 5.16 Å². The molecule has 1 N–H and O–H groups in total. The molecule has 87 valence electrons. The Labute approximate surface area is 103 Å². The lowest BCUT2D eigenvalue weighted by Crippen LogP contribution is -1.98. The molecule has 0 fully saturated rings. The second-order valence-corrected chi connectivity index (χ2v) is 3.51. The number of benzene rings is 1. The molecule has 5 heteroatoms. The molecule has 0 bridgehead atoms. The van der Waals surface area contributed by atoms with E-state index in [1.807, 2.05) is 6.07 Å². The van der Waals surface area contributed by atoms with Gasteiger partial charge in [0.2, 0.25) is 5.78 Å². The molecular formula is C11H13BrNO3. The summed E-state index contributed by atoms with van der Waals surface area (Å²) in [4.78, 5) is 10.9. The Morgan fingerprint density at radius 3 is 2.38 bits per heavy atom. The van der Waals surface area contributed by atoms with Crippen LogP contribution < -0.4 is 0 Å². The van der Waals surface area contributed by atoms with Crippen molar-refractivity contribution in [3.63, 3.8) is 0 Å². The van der Waals surface area contributed by atoms with E-state index in [0.29, 0.717) is 5.56 Å². The Balaban J connectivity index is 0.000000385. The minimum atomic E-state index is -0.298. The molecule has 0 aliphatic carbocycles. The summed E-state index contributed by atoms with van der Waals surface area (Å²) in [6.45, 7) is 0.0469.